The predicted octanol–water partition coefficient (Wildman–Crippen LogP) is 2.63. The Balaban J connectivity index is 1.23. The van der Waals surface area contributed by atoms with Crippen molar-refractivity contribution >= 4 is 17.6 Å². The van der Waals surface area contributed by atoms with E-state index in [9.17, 15) is 14.0 Å². The van der Waals surface area contributed by atoms with E-state index in [1.54, 1.807) is 25.3 Å². The van der Waals surface area contributed by atoms with Gasteiger partial charge in [-0.15, -0.1) is 0 Å². The molecule has 0 aliphatic carbocycles. The molecule has 4 rings (SSSR count). The van der Waals surface area contributed by atoms with Crippen LogP contribution < -0.4 is 10.6 Å². The fourth-order valence-electron chi connectivity index (χ4n) is 4.56. The topological polar surface area (TPSA) is 77.6 Å². The van der Waals surface area contributed by atoms with Crippen molar-refractivity contribution in [3.05, 3.63) is 59.3 Å². The lowest BCUT2D eigenvalue weighted by Crippen LogP contribution is -2.41. The lowest BCUT2D eigenvalue weighted by molar-refractivity contribution is -0.129. The molecule has 1 unspecified atom stereocenters. The van der Waals surface area contributed by atoms with Crippen LogP contribution in [0.5, 0.6) is 0 Å². The second kappa shape index (κ2) is 10.7. The van der Waals surface area contributed by atoms with E-state index in [1.807, 2.05) is 17.0 Å². The lowest BCUT2D eigenvalue weighted by atomic mass is 10.00. The molecule has 2 amide bonds. The third-order valence-electron chi connectivity index (χ3n) is 6.46. The standard InChI is InChI=1S/C25H32FN5O2/c1-18(32)31-12-8-23(9-13-31)29-24-14-20(6-10-27-24)25(33)28-15-22(26)17-30-11-7-19-4-2-3-5-21(19)16-30/h2-6,10,14,22-23H,7-9,11-13,15-17H2,1H3,(H,27,29)(H,28,33). The first-order valence-corrected chi connectivity index (χ1v) is 11.7. The Bertz CT molecular complexity index is 977. The summed E-state index contributed by atoms with van der Waals surface area (Å²) in [6.07, 6.45) is 3.05. The lowest BCUT2D eigenvalue weighted by Gasteiger charge is -2.32. The molecule has 1 fully saturated rings. The maximum atomic E-state index is 14.6. The maximum absolute atomic E-state index is 14.6. The van der Waals surface area contributed by atoms with Gasteiger partial charge < -0.3 is 15.5 Å². The fraction of sp³-hybridized carbons (Fsp3) is 0.480. The van der Waals surface area contributed by atoms with Gasteiger partial charge in [-0.3, -0.25) is 14.5 Å². The van der Waals surface area contributed by atoms with E-state index in [1.165, 1.54) is 11.1 Å². The minimum Gasteiger partial charge on any atom is -0.367 e. The zero-order valence-electron chi connectivity index (χ0n) is 19.1. The Hall–Kier alpha value is -3.00. The molecule has 2 aliphatic heterocycles. The molecule has 8 heteroatoms. The summed E-state index contributed by atoms with van der Waals surface area (Å²) >= 11 is 0. The predicted molar refractivity (Wildman–Crippen MR) is 126 cm³/mol. The van der Waals surface area contributed by atoms with E-state index in [-0.39, 0.29) is 24.4 Å². The highest BCUT2D eigenvalue weighted by molar-refractivity contribution is 5.94. The first-order valence-electron chi connectivity index (χ1n) is 11.7. The summed E-state index contributed by atoms with van der Waals surface area (Å²) in [6.45, 7) is 4.87. The minimum absolute atomic E-state index is 0.0223. The normalized spacial score (nSPS) is 17.8. The number of carbonyl (C=O) groups excluding carboxylic acids is 2. The first-order chi connectivity index (χ1) is 16.0. The number of aromatic nitrogens is 1. The highest BCUT2D eigenvalue weighted by Gasteiger charge is 2.22. The third kappa shape index (κ3) is 6.28. The fourth-order valence-corrected chi connectivity index (χ4v) is 4.56. The Morgan fingerprint density at radius 1 is 1.15 bits per heavy atom. The summed E-state index contributed by atoms with van der Waals surface area (Å²) in [5, 5.41) is 6.07. The number of hydrogen-bond donors (Lipinski definition) is 2. The number of amides is 2. The smallest absolute Gasteiger partial charge is 0.251 e. The summed E-state index contributed by atoms with van der Waals surface area (Å²) in [4.78, 5) is 32.3. The Morgan fingerprint density at radius 2 is 1.91 bits per heavy atom. The van der Waals surface area contributed by atoms with Crippen LogP contribution in [0.25, 0.3) is 0 Å². The number of pyridine rings is 1. The largest absolute Gasteiger partial charge is 0.367 e. The number of nitrogens with zero attached hydrogens (tertiary/aromatic N) is 3. The quantitative estimate of drug-likeness (QED) is 0.674. The van der Waals surface area contributed by atoms with E-state index < -0.39 is 6.17 Å². The molecule has 0 saturated carbocycles. The molecule has 1 saturated heterocycles. The van der Waals surface area contributed by atoms with E-state index in [0.717, 1.165) is 32.4 Å². The molecule has 0 spiro atoms. The SMILES string of the molecule is CC(=O)N1CCC(Nc2cc(C(=O)NCC(F)CN3CCc4ccccc4C3)ccn2)CC1. The highest BCUT2D eigenvalue weighted by atomic mass is 19.1. The molecule has 1 aromatic carbocycles. The van der Waals surface area contributed by atoms with Gasteiger partial charge in [-0.1, -0.05) is 24.3 Å². The van der Waals surface area contributed by atoms with Gasteiger partial charge in [0.15, 0.2) is 0 Å². The van der Waals surface area contributed by atoms with Gasteiger partial charge in [-0.25, -0.2) is 9.37 Å². The summed E-state index contributed by atoms with van der Waals surface area (Å²) in [5.74, 6) is 0.410. The number of carbonyl (C=O) groups is 2. The van der Waals surface area contributed by atoms with Gasteiger partial charge in [0.05, 0.1) is 6.54 Å². The van der Waals surface area contributed by atoms with E-state index in [2.05, 4.69) is 32.7 Å². The van der Waals surface area contributed by atoms with Crippen molar-refractivity contribution in [2.24, 2.45) is 0 Å². The molecule has 33 heavy (non-hydrogen) atoms. The molecule has 1 atom stereocenters. The Kier molecular flexibility index (Phi) is 7.54. The van der Waals surface area contributed by atoms with Crippen LogP contribution in [0.1, 0.15) is 41.3 Å². The van der Waals surface area contributed by atoms with Gasteiger partial charge in [0.1, 0.15) is 12.0 Å². The molecule has 0 bridgehead atoms. The maximum Gasteiger partial charge on any atom is 0.251 e. The third-order valence-corrected chi connectivity index (χ3v) is 6.46. The van der Waals surface area contributed by atoms with Crippen molar-refractivity contribution in [3.8, 4) is 0 Å². The molecular formula is C25H32FN5O2. The monoisotopic (exact) mass is 453 g/mol. The number of anilines is 1. The summed E-state index contributed by atoms with van der Waals surface area (Å²) < 4.78 is 14.6. The Labute approximate surface area is 194 Å². The minimum atomic E-state index is -1.13. The highest BCUT2D eigenvalue weighted by Crippen LogP contribution is 2.19. The average Bonchev–Trinajstić information content (AvgIpc) is 2.83. The number of piperidine rings is 1. The van der Waals surface area contributed by atoms with Crippen molar-refractivity contribution in [1.82, 2.24) is 20.1 Å². The van der Waals surface area contributed by atoms with Crippen LogP contribution in [0, 0.1) is 0 Å². The van der Waals surface area contributed by atoms with Gasteiger partial charge in [0.25, 0.3) is 5.91 Å². The van der Waals surface area contributed by atoms with E-state index in [4.69, 9.17) is 0 Å². The van der Waals surface area contributed by atoms with E-state index >= 15 is 0 Å². The summed E-state index contributed by atoms with van der Waals surface area (Å²) in [7, 11) is 0. The van der Waals surface area contributed by atoms with Crippen LogP contribution in [0.2, 0.25) is 0 Å². The van der Waals surface area contributed by atoms with Crippen molar-refractivity contribution < 1.29 is 14.0 Å². The van der Waals surface area contributed by atoms with Crippen LogP contribution in [0.4, 0.5) is 10.2 Å². The second-order valence-electron chi connectivity index (χ2n) is 8.92. The van der Waals surface area contributed by atoms with Gasteiger partial charge in [-0.05, 0) is 42.5 Å². The molecule has 2 aromatic rings. The molecule has 7 nitrogen and oxygen atoms in total. The number of hydrogen-bond acceptors (Lipinski definition) is 5. The van der Waals surface area contributed by atoms with Gasteiger partial charge in [0.2, 0.25) is 5.91 Å². The van der Waals surface area contributed by atoms with Gasteiger partial charge in [0, 0.05) is 57.4 Å². The number of nitrogens with one attached hydrogen (secondary N) is 2. The number of fused-ring (bicyclic) bond motifs is 1. The van der Waals surface area contributed by atoms with Crippen LogP contribution in [0.15, 0.2) is 42.6 Å². The zero-order chi connectivity index (χ0) is 23.2. The molecule has 176 valence electrons. The molecule has 0 radical (unpaired) electrons. The van der Waals surface area contributed by atoms with Crippen molar-refractivity contribution in [1.29, 1.82) is 0 Å². The molecule has 3 heterocycles. The van der Waals surface area contributed by atoms with Crippen LogP contribution >= 0.6 is 0 Å². The Morgan fingerprint density at radius 3 is 2.67 bits per heavy atom. The van der Waals surface area contributed by atoms with Crippen molar-refractivity contribution in [2.45, 2.75) is 44.9 Å². The number of rotatable bonds is 7. The number of alkyl halides is 1. The van der Waals surface area contributed by atoms with Crippen LogP contribution in [0.3, 0.4) is 0 Å². The molecule has 2 aliphatic rings. The van der Waals surface area contributed by atoms with Crippen molar-refractivity contribution in [3.63, 3.8) is 0 Å². The summed E-state index contributed by atoms with van der Waals surface area (Å²) in [5.41, 5.74) is 3.04. The first kappa shape index (κ1) is 23.2. The van der Waals surface area contributed by atoms with E-state index in [0.29, 0.717) is 31.0 Å². The molecule has 2 N–H and O–H groups in total. The number of halogens is 1. The van der Waals surface area contributed by atoms with Gasteiger partial charge >= 0.3 is 0 Å². The van der Waals surface area contributed by atoms with Gasteiger partial charge in [-0.2, -0.15) is 0 Å². The molecular weight excluding hydrogens is 421 g/mol. The average molecular weight is 454 g/mol. The number of likely N-dealkylation sites (tertiary alicyclic amines) is 1. The van der Waals surface area contributed by atoms with Crippen LogP contribution in [-0.4, -0.2) is 71.5 Å². The zero-order valence-corrected chi connectivity index (χ0v) is 19.1. The number of benzene rings is 1. The second-order valence-corrected chi connectivity index (χ2v) is 8.92. The van der Waals surface area contributed by atoms with Crippen LogP contribution in [-0.2, 0) is 17.8 Å². The summed E-state index contributed by atoms with van der Waals surface area (Å²) in [6, 6.07) is 11.8. The molecule has 1 aromatic heterocycles. The van der Waals surface area contributed by atoms with Crippen molar-refractivity contribution in [2.75, 3.05) is 38.0 Å².